The zero-order valence-corrected chi connectivity index (χ0v) is 51.5. The van der Waals surface area contributed by atoms with Gasteiger partial charge in [0.1, 0.15) is 0 Å². The quantitative estimate of drug-likeness (QED) is 0.0332. The van der Waals surface area contributed by atoms with E-state index in [2.05, 4.69) is 37.5 Å². The Balaban J connectivity index is 4.27. The molecule has 450 valence electrons. The van der Waals surface area contributed by atoms with Crippen molar-refractivity contribution in [3.05, 3.63) is 0 Å². The Kier molecular flexibility index (Phi) is 57.2. The van der Waals surface area contributed by atoms with Crippen molar-refractivity contribution >= 4 is 23.9 Å². The second-order valence-corrected chi connectivity index (χ2v) is 23.4. The number of hydrogen-bond acceptors (Lipinski definition) is 10. The van der Waals surface area contributed by atoms with Gasteiger partial charge >= 0.3 is 23.9 Å². The van der Waals surface area contributed by atoms with Crippen LogP contribution in [-0.4, -0.2) is 100 Å². The summed E-state index contributed by atoms with van der Waals surface area (Å²) in [4.78, 5) is 54.9. The highest BCUT2D eigenvalue weighted by atomic mass is 16.5. The zero-order valence-electron chi connectivity index (χ0n) is 51.5. The smallest absolute Gasteiger partial charge is 0.307 e. The summed E-state index contributed by atoms with van der Waals surface area (Å²) in [6.45, 7) is 13.7. The van der Waals surface area contributed by atoms with E-state index in [0.29, 0.717) is 77.0 Å². The van der Waals surface area contributed by atoms with E-state index in [0.717, 1.165) is 77.3 Å². The molecule has 0 aliphatic rings. The Labute approximate surface area is 471 Å². The number of rotatable bonds is 61. The first-order valence-electron chi connectivity index (χ1n) is 33.1. The molecule has 76 heavy (non-hydrogen) atoms. The van der Waals surface area contributed by atoms with Crippen LogP contribution in [0.3, 0.4) is 0 Å². The average molecular weight is 1080 g/mol. The molecule has 0 aromatic heterocycles. The van der Waals surface area contributed by atoms with Crippen LogP contribution in [0.5, 0.6) is 0 Å². The lowest BCUT2D eigenvalue weighted by atomic mass is 9.94. The summed E-state index contributed by atoms with van der Waals surface area (Å²) in [5.74, 6) is 0.481. The molecular formula is C66H128N2O8. The Morgan fingerprint density at radius 2 is 0.553 bits per heavy atom. The van der Waals surface area contributed by atoms with Crippen LogP contribution in [0.1, 0.15) is 323 Å². The molecule has 10 nitrogen and oxygen atoms in total. The fourth-order valence-corrected chi connectivity index (χ4v) is 10.2. The summed E-state index contributed by atoms with van der Waals surface area (Å²) in [6, 6.07) is 0. The largest absolute Gasteiger partial charge is 0.466 e. The first kappa shape index (κ1) is 73.8. The summed E-state index contributed by atoms with van der Waals surface area (Å²) >= 11 is 0. The maximum atomic E-state index is 12.7. The molecular weight excluding hydrogens is 949 g/mol. The molecule has 0 spiro atoms. The monoisotopic (exact) mass is 1080 g/mol. The standard InChI is InChI=1S/C66H128N2O8/c1-7-11-15-19-23-25-31-39-47-61(45-37-29-21-17-13-9-3)59-75-63(69)49-41-33-27-35-43-57-73-65(71)51-53-68(56-55-67(5)6)54-52-66(72)74-58-44-36-28-34-42-50-64(70)76-60-62(46-38-30-22-18-14-10-4)48-40-32-26-24-20-16-12-8-2/h61-62H,7-60H2,1-6H3. The topological polar surface area (TPSA) is 112 Å². The van der Waals surface area contributed by atoms with Crippen LogP contribution >= 0.6 is 0 Å². The lowest BCUT2D eigenvalue weighted by Gasteiger charge is -2.23. The number of carbonyl (C=O) groups excluding carboxylic acids is 4. The predicted octanol–water partition coefficient (Wildman–Crippen LogP) is 18.3. The fourth-order valence-electron chi connectivity index (χ4n) is 10.2. The second-order valence-electron chi connectivity index (χ2n) is 23.4. The summed E-state index contributed by atoms with van der Waals surface area (Å²) < 4.78 is 22.8. The number of unbranched alkanes of at least 4 members (excludes halogenated alkanes) is 32. The summed E-state index contributed by atoms with van der Waals surface area (Å²) in [7, 11) is 4.05. The number of hydrogen-bond donors (Lipinski definition) is 0. The Morgan fingerprint density at radius 1 is 0.289 bits per heavy atom. The number of esters is 4. The van der Waals surface area contributed by atoms with Gasteiger partial charge in [-0.1, -0.05) is 246 Å². The fraction of sp³-hybridized carbons (Fsp3) is 0.939. The van der Waals surface area contributed by atoms with Crippen LogP contribution in [0.4, 0.5) is 0 Å². The van der Waals surface area contributed by atoms with E-state index >= 15 is 0 Å². The van der Waals surface area contributed by atoms with E-state index in [1.54, 1.807) is 0 Å². The van der Waals surface area contributed by atoms with Crippen LogP contribution in [0.2, 0.25) is 0 Å². The molecule has 0 saturated heterocycles. The van der Waals surface area contributed by atoms with Gasteiger partial charge in [-0.3, -0.25) is 19.2 Å². The molecule has 0 heterocycles. The van der Waals surface area contributed by atoms with E-state index < -0.39 is 0 Å². The van der Waals surface area contributed by atoms with Crippen molar-refractivity contribution in [1.29, 1.82) is 0 Å². The molecule has 0 saturated carbocycles. The molecule has 10 heteroatoms. The van der Waals surface area contributed by atoms with Crippen LogP contribution in [0.15, 0.2) is 0 Å². The predicted molar refractivity (Wildman–Crippen MR) is 321 cm³/mol. The number of ether oxygens (including phenoxy) is 4. The molecule has 0 aromatic carbocycles. The first-order chi connectivity index (χ1) is 37.1. The molecule has 0 bridgehead atoms. The average Bonchev–Trinajstić information content (AvgIpc) is 3.41. The summed E-state index contributed by atoms with van der Waals surface area (Å²) in [5, 5.41) is 0. The molecule has 2 atom stereocenters. The molecule has 0 rings (SSSR count). The van der Waals surface area contributed by atoms with Crippen molar-refractivity contribution in [2.45, 2.75) is 323 Å². The highest BCUT2D eigenvalue weighted by Crippen LogP contribution is 2.23. The van der Waals surface area contributed by atoms with Crippen LogP contribution in [0, 0.1) is 11.8 Å². The van der Waals surface area contributed by atoms with Gasteiger partial charge in [0, 0.05) is 39.0 Å². The van der Waals surface area contributed by atoms with Gasteiger partial charge in [0.05, 0.1) is 39.3 Å². The Morgan fingerprint density at radius 3 is 0.855 bits per heavy atom. The van der Waals surface area contributed by atoms with Gasteiger partial charge in [-0.25, -0.2) is 0 Å². The van der Waals surface area contributed by atoms with Gasteiger partial charge in [-0.05, 0) is 77.3 Å². The van der Waals surface area contributed by atoms with Gasteiger partial charge in [-0.2, -0.15) is 0 Å². The van der Waals surface area contributed by atoms with Crippen molar-refractivity contribution in [3.8, 4) is 0 Å². The molecule has 0 fully saturated rings. The van der Waals surface area contributed by atoms with Gasteiger partial charge in [0.25, 0.3) is 0 Å². The van der Waals surface area contributed by atoms with Crippen molar-refractivity contribution in [3.63, 3.8) is 0 Å². The van der Waals surface area contributed by atoms with E-state index in [1.165, 1.54) is 205 Å². The van der Waals surface area contributed by atoms with Crippen molar-refractivity contribution in [1.82, 2.24) is 9.80 Å². The van der Waals surface area contributed by atoms with Crippen LogP contribution < -0.4 is 0 Å². The Hall–Kier alpha value is -2.20. The van der Waals surface area contributed by atoms with E-state index in [9.17, 15) is 19.2 Å². The molecule has 0 aromatic rings. The third-order valence-electron chi connectivity index (χ3n) is 15.5. The van der Waals surface area contributed by atoms with Crippen molar-refractivity contribution in [2.75, 3.05) is 66.7 Å². The maximum Gasteiger partial charge on any atom is 0.307 e. The minimum absolute atomic E-state index is 0.0513. The number of carbonyl (C=O) groups is 4. The maximum absolute atomic E-state index is 12.7. The second kappa shape index (κ2) is 58.9. The van der Waals surface area contributed by atoms with Crippen molar-refractivity contribution < 1.29 is 38.1 Å². The third-order valence-corrected chi connectivity index (χ3v) is 15.5. The lowest BCUT2D eigenvalue weighted by Crippen LogP contribution is -2.35. The molecule has 0 aliphatic carbocycles. The SMILES string of the molecule is CCCCCCCCCCC(CCCCCCCC)COC(=O)CCCCCCCOC(=O)CCN(CCC(=O)OCCCCCCCC(=O)OCC(CCCCCCCC)CCCCCCCCCC)CCN(C)C. The first-order valence-corrected chi connectivity index (χ1v) is 33.1. The minimum Gasteiger partial charge on any atom is -0.466 e. The minimum atomic E-state index is -0.203. The normalized spacial score (nSPS) is 12.4. The molecule has 2 unspecified atom stereocenters. The van der Waals surface area contributed by atoms with Gasteiger partial charge < -0.3 is 28.7 Å². The third kappa shape index (κ3) is 55.1. The highest BCUT2D eigenvalue weighted by molar-refractivity contribution is 5.70. The number of likely N-dealkylation sites (N-methyl/N-ethyl adjacent to an activating group) is 1. The van der Waals surface area contributed by atoms with E-state index in [-0.39, 0.29) is 23.9 Å². The van der Waals surface area contributed by atoms with E-state index in [4.69, 9.17) is 18.9 Å². The Bertz CT molecular complexity index is 1180. The van der Waals surface area contributed by atoms with Gasteiger partial charge in [0.15, 0.2) is 0 Å². The van der Waals surface area contributed by atoms with Crippen molar-refractivity contribution in [2.24, 2.45) is 11.8 Å². The van der Waals surface area contributed by atoms with E-state index in [1.807, 2.05) is 14.1 Å². The molecule has 0 radical (unpaired) electrons. The van der Waals surface area contributed by atoms with Gasteiger partial charge in [0.2, 0.25) is 0 Å². The lowest BCUT2D eigenvalue weighted by molar-refractivity contribution is -0.146. The van der Waals surface area contributed by atoms with Gasteiger partial charge in [-0.15, -0.1) is 0 Å². The molecule has 0 aliphatic heterocycles. The van der Waals surface area contributed by atoms with Crippen LogP contribution in [-0.2, 0) is 38.1 Å². The molecule has 0 N–H and O–H groups in total. The molecule has 0 amide bonds. The van der Waals surface area contributed by atoms with Crippen LogP contribution in [0.25, 0.3) is 0 Å². The summed E-state index contributed by atoms with van der Waals surface area (Å²) in [5.41, 5.74) is 0. The number of nitrogens with zero attached hydrogens (tertiary/aromatic N) is 2. The zero-order chi connectivity index (χ0) is 55.6. The summed E-state index contributed by atoms with van der Waals surface area (Å²) in [6.07, 6.45) is 52.4. The highest BCUT2D eigenvalue weighted by Gasteiger charge is 2.16.